The molecule has 1 aliphatic carbocycles. The van der Waals surface area contributed by atoms with Crippen LogP contribution in [0.15, 0.2) is 18.2 Å². The fourth-order valence-electron chi connectivity index (χ4n) is 2.74. The van der Waals surface area contributed by atoms with E-state index < -0.39 is 0 Å². The summed E-state index contributed by atoms with van der Waals surface area (Å²) < 4.78 is 5.39. The maximum Gasteiger partial charge on any atom is 0.142 e. The van der Waals surface area contributed by atoms with Gasteiger partial charge in [0.15, 0.2) is 0 Å². The molecule has 100 valence electrons. The Kier molecular flexibility index (Phi) is 4.06. The third-order valence-corrected chi connectivity index (χ3v) is 4.23. The summed E-state index contributed by atoms with van der Waals surface area (Å²) in [5.41, 5.74) is 1.33. The topological polar surface area (TPSA) is 21.3 Å². The van der Waals surface area contributed by atoms with Gasteiger partial charge in [-0.05, 0) is 36.5 Å². The zero-order valence-electron chi connectivity index (χ0n) is 11.4. The van der Waals surface area contributed by atoms with Crippen molar-refractivity contribution < 1.29 is 4.74 Å². The second kappa shape index (κ2) is 5.40. The third-order valence-electron chi connectivity index (χ3n) is 4.00. The summed E-state index contributed by atoms with van der Waals surface area (Å²) in [6, 6.07) is 6.21. The summed E-state index contributed by atoms with van der Waals surface area (Å²) in [6.07, 6.45) is 5.11. The van der Waals surface area contributed by atoms with Gasteiger partial charge < -0.3 is 10.1 Å². The molecule has 0 aromatic heterocycles. The summed E-state index contributed by atoms with van der Waals surface area (Å²) in [5, 5.41) is 4.36. The molecule has 0 spiro atoms. The zero-order chi connectivity index (χ0) is 13.2. The summed E-state index contributed by atoms with van der Waals surface area (Å²) in [5.74, 6) is 0.862. The Labute approximate surface area is 115 Å². The van der Waals surface area contributed by atoms with Crippen LogP contribution in [-0.4, -0.2) is 13.2 Å². The third kappa shape index (κ3) is 2.92. The molecule has 2 rings (SSSR count). The fourth-order valence-corrected chi connectivity index (χ4v) is 2.91. The van der Waals surface area contributed by atoms with Gasteiger partial charge in [-0.25, -0.2) is 0 Å². The van der Waals surface area contributed by atoms with Crippen molar-refractivity contribution in [2.75, 3.05) is 12.4 Å². The van der Waals surface area contributed by atoms with Gasteiger partial charge in [0.05, 0.1) is 12.8 Å². The summed E-state index contributed by atoms with van der Waals surface area (Å²) >= 11 is 6.07. The first-order chi connectivity index (χ1) is 8.53. The number of anilines is 1. The molecular formula is C15H22ClNO. The molecule has 0 aliphatic heterocycles. The van der Waals surface area contributed by atoms with Crippen LogP contribution in [0.2, 0.25) is 5.02 Å². The van der Waals surface area contributed by atoms with Crippen LogP contribution < -0.4 is 10.1 Å². The van der Waals surface area contributed by atoms with Crippen LogP contribution in [-0.2, 0) is 0 Å². The molecule has 0 heterocycles. The van der Waals surface area contributed by atoms with Crippen molar-refractivity contribution >= 4 is 17.3 Å². The lowest BCUT2D eigenvalue weighted by atomic mass is 9.73. The number of nitrogens with one attached hydrogen (secondary N) is 1. The molecule has 1 atom stereocenters. The molecule has 1 unspecified atom stereocenters. The molecule has 1 aromatic rings. The van der Waals surface area contributed by atoms with E-state index in [0.29, 0.717) is 11.5 Å². The predicted molar refractivity (Wildman–Crippen MR) is 77.7 cm³/mol. The first-order valence-electron chi connectivity index (χ1n) is 6.63. The van der Waals surface area contributed by atoms with Crippen LogP contribution in [0.25, 0.3) is 0 Å². The Morgan fingerprint density at radius 2 is 2.11 bits per heavy atom. The van der Waals surface area contributed by atoms with E-state index in [1.807, 2.05) is 18.2 Å². The number of methoxy groups -OCH3 is 1. The molecule has 0 amide bonds. The highest BCUT2D eigenvalue weighted by atomic mass is 35.5. The summed E-state index contributed by atoms with van der Waals surface area (Å²) in [7, 11) is 1.69. The number of benzene rings is 1. The van der Waals surface area contributed by atoms with Crippen LogP contribution in [0.5, 0.6) is 5.75 Å². The largest absolute Gasteiger partial charge is 0.495 e. The van der Waals surface area contributed by atoms with Crippen LogP contribution >= 0.6 is 11.6 Å². The molecule has 1 saturated carbocycles. The van der Waals surface area contributed by atoms with Gasteiger partial charge >= 0.3 is 0 Å². The van der Waals surface area contributed by atoms with Crippen molar-refractivity contribution in [1.82, 2.24) is 0 Å². The van der Waals surface area contributed by atoms with Crippen LogP contribution in [0, 0.1) is 5.41 Å². The first kappa shape index (κ1) is 13.5. The molecule has 1 fully saturated rings. The van der Waals surface area contributed by atoms with Gasteiger partial charge in [0.25, 0.3) is 0 Å². The Balaban J connectivity index is 2.19. The lowest BCUT2D eigenvalue weighted by molar-refractivity contribution is 0.216. The van der Waals surface area contributed by atoms with Gasteiger partial charge in [-0.2, -0.15) is 0 Å². The minimum absolute atomic E-state index is 0.325. The maximum atomic E-state index is 6.07. The maximum absolute atomic E-state index is 6.07. The van der Waals surface area contributed by atoms with Crippen molar-refractivity contribution in [2.45, 2.75) is 45.6 Å². The highest BCUT2D eigenvalue weighted by Gasteiger charge is 2.32. The SMILES string of the molecule is COc1ccc(Cl)cc1NC1CCCCC1(C)C. The van der Waals surface area contributed by atoms with Crippen molar-refractivity contribution in [3.8, 4) is 5.75 Å². The molecule has 0 bridgehead atoms. The van der Waals surface area contributed by atoms with E-state index >= 15 is 0 Å². The van der Waals surface area contributed by atoms with Gasteiger partial charge in [-0.3, -0.25) is 0 Å². The summed E-state index contributed by atoms with van der Waals surface area (Å²) in [6.45, 7) is 4.67. The van der Waals surface area contributed by atoms with E-state index in [0.717, 1.165) is 16.5 Å². The quantitative estimate of drug-likeness (QED) is 0.855. The van der Waals surface area contributed by atoms with E-state index in [1.165, 1.54) is 25.7 Å². The Bertz CT molecular complexity index is 417. The predicted octanol–water partition coefficient (Wildman–Crippen LogP) is 4.73. The lowest BCUT2D eigenvalue weighted by Crippen LogP contribution is -2.38. The molecule has 0 radical (unpaired) electrons. The van der Waals surface area contributed by atoms with E-state index in [9.17, 15) is 0 Å². The second-order valence-corrected chi connectivity index (χ2v) is 6.21. The first-order valence-corrected chi connectivity index (χ1v) is 7.01. The zero-order valence-corrected chi connectivity index (χ0v) is 12.2. The van der Waals surface area contributed by atoms with Crippen LogP contribution in [0.4, 0.5) is 5.69 Å². The minimum atomic E-state index is 0.325. The minimum Gasteiger partial charge on any atom is -0.495 e. The number of hydrogen-bond acceptors (Lipinski definition) is 2. The molecule has 1 aromatic carbocycles. The van der Waals surface area contributed by atoms with Gasteiger partial charge in [0, 0.05) is 11.1 Å². The molecule has 18 heavy (non-hydrogen) atoms. The van der Waals surface area contributed by atoms with E-state index in [1.54, 1.807) is 7.11 Å². The molecule has 1 aliphatic rings. The molecule has 0 saturated heterocycles. The number of hydrogen-bond donors (Lipinski definition) is 1. The normalized spacial score (nSPS) is 22.6. The van der Waals surface area contributed by atoms with Gasteiger partial charge in [-0.1, -0.05) is 38.3 Å². The van der Waals surface area contributed by atoms with Crippen molar-refractivity contribution in [3.05, 3.63) is 23.2 Å². The van der Waals surface area contributed by atoms with Gasteiger partial charge in [0.1, 0.15) is 5.75 Å². The number of halogens is 1. The smallest absolute Gasteiger partial charge is 0.142 e. The Hall–Kier alpha value is -0.890. The van der Waals surface area contributed by atoms with Crippen molar-refractivity contribution in [1.29, 1.82) is 0 Å². The average Bonchev–Trinajstić information content (AvgIpc) is 2.32. The number of ether oxygens (including phenoxy) is 1. The van der Waals surface area contributed by atoms with Gasteiger partial charge in [-0.15, -0.1) is 0 Å². The van der Waals surface area contributed by atoms with Crippen LogP contribution in [0.1, 0.15) is 39.5 Å². The highest BCUT2D eigenvalue weighted by molar-refractivity contribution is 6.30. The Morgan fingerprint density at radius 3 is 2.78 bits per heavy atom. The highest BCUT2D eigenvalue weighted by Crippen LogP contribution is 2.39. The molecule has 1 N–H and O–H groups in total. The monoisotopic (exact) mass is 267 g/mol. The molecule has 3 heteroatoms. The van der Waals surface area contributed by atoms with E-state index in [-0.39, 0.29) is 0 Å². The summed E-state index contributed by atoms with van der Waals surface area (Å²) in [4.78, 5) is 0. The lowest BCUT2D eigenvalue weighted by Gasteiger charge is -2.39. The standard InChI is InChI=1S/C15H22ClNO/c1-15(2)9-5-4-6-14(15)17-12-10-11(16)7-8-13(12)18-3/h7-8,10,14,17H,4-6,9H2,1-3H3. The van der Waals surface area contributed by atoms with Crippen molar-refractivity contribution in [3.63, 3.8) is 0 Å². The van der Waals surface area contributed by atoms with E-state index in [4.69, 9.17) is 16.3 Å². The van der Waals surface area contributed by atoms with Crippen molar-refractivity contribution in [2.24, 2.45) is 5.41 Å². The second-order valence-electron chi connectivity index (χ2n) is 5.78. The number of rotatable bonds is 3. The molecular weight excluding hydrogens is 246 g/mol. The van der Waals surface area contributed by atoms with Gasteiger partial charge in [0.2, 0.25) is 0 Å². The van der Waals surface area contributed by atoms with Crippen LogP contribution in [0.3, 0.4) is 0 Å². The Morgan fingerprint density at radius 1 is 1.33 bits per heavy atom. The average molecular weight is 268 g/mol. The fraction of sp³-hybridized carbons (Fsp3) is 0.600. The van der Waals surface area contributed by atoms with E-state index in [2.05, 4.69) is 19.2 Å². The molecule has 2 nitrogen and oxygen atoms in total.